The van der Waals surface area contributed by atoms with Crippen LogP contribution in [-0.2, 0) is 0 Å². The Balaban J connectivity index is 2.42. The number of ether oxygens (including phenoxy) is 1. The van der Waals surface area contributed by atoms with Crippen molar-refractivity contribution in [3.05, 3.63) is 29.8 Å². The molecule has 0 heterocycles. The lowest BCUT2D eigenvalue weighted by Crippen LogP contribution is -2.07. The topological polar surface area (TPSA) is 73.5 Å². The van der Waals surface area contributed by atoms with E-state index in [1.165, 1.54) is 0 Å². The van der Waals surface area contributed by atoms with E-state index in [1.807, 2.05) is 19.1 Å². The second-order valence-electron chi connectivity index (χ2n) is 4.50. The molecule has 2 N–H and O–H groups in total. The third-order valence-electron chi connectivity index (χ3n) is 2.95. The molecular formula is C15H21NO3. The third kappa shape index (κ3) is 5.73. The van der Waals surface area contributed by atoms with Gasteiger partial charge in [-0.3, -0.25) is 0 Å². The summed E-state index contributed by atoms with van der Waals surface area (Å²) in [4.78, 5) is 0. The molecule has 0 radical (unpaired) electrons. The van der Waals surface area contributed by atoms with Crippen molar-refractivity contribution in [3.8, 4) is 11.8 Å². The quantitative estimate of drug-likeness (QED) is 0.707. The van der Waals surface area contributed by atoms with E-state index in [4.69, 9.17) is 10.00 Å². The van der Waals surface area contributed by atoms with Crippen molar-refractivity contribution in [1.82, 2.24) is 0 Å². The van der Waals surface area contributed by atoms with Gasteiger partial charge in [0.1, 0.15) is 5.75 Å². The highest BCUT2D eigenvalue weighted by atomic mass is 16.5. The Bertz CT molecular complexity index is 414. The van der Waals surface area contributed by atoms with E-state index in [-0.39, 0.29) is 12.5 Å². The fourth-order valence-corrected chi connectivity index (χ4v) is 1.73. The first-order valence-electron chi connectivity index (χ1n) is 6.63. The number of hydrogen-bond acceptors (Lipinski definition) is 4. The summed E-state index contributed by atoms with van der Waals surface area (Å²) in [5, 5.41) is 27.7. The number of nitriles is 1. The Morgan fingerprint density at radius 3 is 2.84 bits per heavy atom. The molecule has 0 aromatic heterocycles. The summed E-state index contributed by atoms with van der Waals surface area (Å²) in [5.41, 5.74) is 0.688. The summed E-state index contributed by atoms with van der Waals surface area (Å²) >= 11 is 0. The van der Waals surface area contributed by atoms with Gasteiger partial charge in [0.25, 0.3) is 0 Å². The number of nitrogens with zero attached hydrogens (tertiary/aromatic N) is 1. The lowest BCUT2D eigenvalue weighted by molar-refractivity contribution is 0.148. The minimum atomic E-state index is -0.768. The molecule has 0 saturated carbocycles. The average molecular weight is 263 g/mol. The summed E-state index contributed by atoms with van der Waals surface area (Å²) in [6.07, 6.45) is 1.33. The molecule has 0 aliphatic heterocycles. The van der Waals surface area contributed by atoms with Gasteiger partial charge in [0.15, 0.2) is 0 Å². The van der Waals surface area contributed by atoms with Gasteiger partial charge in [-0.2, -0.15) is 5.26 Å². The van der Waals surface area contributed by atoms with Gasteiger partial charge in [0.2, 0.25) is 0 Å². The lowest BCUT2D eigenvalue weighted by atomic mass is 10.1. The summed E-state index contributed by atoms with van der Waals surface area (Å²) in [5.74, 6) is 0.681. The largest absolute Gasteiger partial charge is 0.494 e. The van der Waals surface area contributed by atoms with Gasteiger partial charge in [0.05, 0.1) is 31.3 Å². The highest BCUT2D eigenvalue weighted by Gasteiger charge is 2.07. The minimum absolute atomic E-state index is 0.0755. The van der Waals surface area contributed by atoms with E-state index in [1.54, 1.807) is 18.2 Å². The zero-order valence-corrected chi connectivity index (χ0v) is 11.2. The molecule has 0 aliphatic rings. The zero-order valence-electron chi connectivity index (χ0n) is 11.2. The van der Waals surface area contributed by atoms with Crippen LogP contribution in [0.3, 0.4) is 0 Å². The van der Waals surface area contributed by atoms with Gasteiger partial charge < -0.3 is 14.9 Å². The molecule has 2 unspecified atom stereocenters. The Morgan fingerprint density at radius 1 is 1.37 bits per heavy atom. The van der Waals surface area contributed by atoms with Crippen molar-refractivity contribution in [2.45, 2.75) is 44.8 Å². The van der Waals surface area contributed by atoms with Crippen molar-refractivity contribution in [2.75, 3.05) is 6.61 Å². The molecule has 0 saturated heterocycles. The molecule has 4 heteroatoms. The molecule has 0 aliphatic carbocycles. The molecule has 104 valence electrons. The maximum Gasteiger partial charge on any atom is 0.119 e. The normalized spacial score (nSPS) is 13.6. The number of aliphatic hydroxyl groups excluding tert-OH is 2. The Labute approximate surface area is 114 Å². The smallest absolute Gasteiger partial charge is 0.119 e. The zero-order chi connectivity index (χ0) is 14.1. The first kappa shape index (κ1) is 15.5. The first-order chi connectivity index (χ1) is 9.17. The van der Waals surface area contributed by atoms with Crippen LogP contribution in [0.5, 0.6) is 5.75 Å². The predicted octanol–water partition coefficient (Wildman–Crippen LogP) is 2.56. The van der Waals surface area contributed by atoms with Crippen molar-refractivity contribution in [2.24, 2.45) is 0 Å². The fraction of sp³-hybridized carbons (Fsp3) is 0.533. The van der Waals surface area contributed by atoms with Gasteiger partial charge >= 0.3 is 0 Å². The molecule has 4 nitrogen and oxygen atoms in total. The van der Waals surface area contributed by atoms with Crippen LogP contribution in [0.1, 0.15) is 44.3 Å². The third-order valence-corrected chi connectivity index (χ3v) is 2.95. The Morgan fingerprint density at radius 2 is 2.16 bits per heavy atom. The van der Waals surface area contributed by atoms with Gasteiger partial charge in [0, 0.05) is 0 Å². The van der Waals surface area contributed by atoms with E-state index in [2.05, 4.69) is 0 Å². The minimum Gasteiger partial charge on any atom is -0.494 e. The van der Waals surface area contributed by atoms with E-state index in [9.17, 15) is 10.2 Å². The van der Waals surface area contributed by atoms with Gasteiger partial charge in [-0.15, -0.1) is 0 Å². The SMILES string of the molecule is CCC(O)CCCOc1cccc(C(O)CC#N)c1. The van der Waals surface area contributed by atoms with Crippen molar-refractivity contribution >= 4 is 0 Å². The molecule has 0 fully saturated rings. The fourth-order valence-electron chi connectivity index (χ4n) is 1.73. The van der Waals surface area contributed by atoms with Gasteiger partial charge in [-0.25, -0.2) is 0 Å². The number of rotatable bonds is 8. The number of aliphatic hydroxyl groups is 2. The van der Waals surface area contributed by atoms with Gasteiger partial charge in [-0.1, -0.05) is 19.1 Å². The van der Waals surface area contributed by atoms with E-state index < -0.39 is 6.10 Å². The standard InChI is InChI=1S/C15H21NO3/c1-2-13(17)6-4-10-19-14-7-3-5-12(11-14)15(18)8-9-16/h3,5,7,11,13,15,17-18H,2,4,6,8,10H2,1H3. The summed E-state index contributed by atoms with van der Waals surface area (Å²) in [6.45, 7) is 2.49. The van der Waals surface area contributed by atoms with Crippen LogP contribution in [0.25, 0.3) is 0 Å². The first-order valence-corrected chi connectivity index (χ1v) is 6.63. The van der Waals surface area contributed by atoms with E-state index in [0.717, 1.165) is 19.3 Å². The van der Waals surface area contributed by atoms with Crippen LogP contribution in [0.15, 0.2) is 24.3 Å². The van der Waals surface area contributed by atoms with Crippen molar-refractivity contribution in [3.63, 3.8) is 0 Å². The van der Waals surface area contributed by atoms with Gasteiger partial charge in [-0.05, 0) is 37.0 Å². The average Bonchev–Trinajstić information content (AvgIpc) is 2.44. The number of hydrogen-bond donors (Lipinski definition) is 2. The molecule has 0 spiro atoms. The van der Waals surface area contributed by atoms with Crippen LogP contribution >= 0.6 is 0 Å². The highest BCUT2D eigenvalue weighted by Crippen LogP contribution is 2.21. The molecule has 1 aromatic carbocycles. The van der Waals surface area contributed by atoms with Crippen molar-refractivity contribution < 1.29 is 14.9 Å². The summed E-state index contributed by atoms with van der Waals surface area (Å²) < 4.78 is 5.56. The monoisotopic (exact) mass is 263 g/mol. The summed E-state index contributed by atoms with van der Waals surface area (Å²) in [6, 6.07) is 9.08. The maximum atomic E-state index is 9.71. The maximum absolute atomic E-state index is 9.71. The van der Waals surface area contributed by atoms with E-state index in [0.29, 0.717) is 17.9 Å². The van der Waals surface area contributed by atoms with Crippen LogP contribution in [0.4, 0.5) is 0 Å². The molecule has 0 bridgehead atoms. The van der Waals surface area contributed by atoms with Crippen LogP contribution in [-0.4, -0.2) is 22.9 Å². The second kappa shape index (κ2) is 8.52. The van der Waals surface area contributed by atoms with Crippen LogP contribution in [0.2, 0.25) is 0 Å². The Kier molecular flexibility index (Phi) is 6.94. The van der Waals surface area contributed by atoms with E-state index >= 15 is 0 Å². The van der Waals surface area contributed by atoms with Crippen LogP contribution < -0.4 is 4.74 Å². The molecule has 1 rings (SSSR count). The molecule has 0 amide bonds. The predicted molar refractivity (Wildman–Crippen MR) is 72.7 cm³/mol. The van der Waals surface area contributed by atoms with Crippen molar-refractivity contribution in [1.29, 1.82) is 5.26 Å². The second-order valence-corrected chi connectivity index (χ2v) is 4.50. The van der Waals surface area contributed by atoms with Crippen LogP contribution in [0, 0.1) is 11.3 Å². The molecular weight excluding hydrogens is 242 g/mol. The number of benzene rings is 1. The molecule has 2 atom stereocenters. The Hall–Kier alpha value is -1.57. The molecule has 1 aromatic rings. The summed E-state index contributed by atoms with van der Waals surface area (Å²) in [7, 11) is 0. The highest BCUT2D eigenvalue weighted by molar-refractivity contribution is 5.30. The molecule has 19 heavy (non-hydrogen) atoms. The lowest BCUT2D eigenvalue weighted by Gasteiger charge is -2.11.